The molecule has 0 amide bonds. The van der Waals surface area contributed by atoms with Gasteiger partial charge < -0.3 is 10.6 Å². The molecular formula is C10H16N4S. The number of nitrogens with zero attached hydrogens (tertiary/aromatic N) is 3. The third-order valence-electron chi connectivity index (χ3n) is 2.54. The molecule has 0 unspecified atom stereocenters. The van der Waals surface area contributed by atoms with Gasteiger partial charge in [0, 0.05) is 24.7 Å². The summed E-state index contributed by atoms with van der Waals surface area (Å²) in [6.45, 7) is 3.62. The van der Waals surface area contributed by atoms with E-state index in [1.54, 1.807) is 24.2 Å². The summed E-state index contributed by atoms with van der Waals surface area (Å²) < 4.78 is 0. The first kappa shape index (κ1) is 10.7. The molecule has 1 aliphatic rings. The van der Waals surface area contributed by atoms with Gasteiger partial charge in [-0.15, -0.1) is 11.8 Å². The average molecular weight is 224 g/mol. The van der Waals surface area contributed by atoms with Crippen molar-refractivity contribution in [2.24, 2.45) is 0 Å². The molecule has 1 fully saturated rings. The van der Waals surface area contributed by atoms with Gasteiger partial charge >= 0.3 is 0 Å². The zero-order valence-electron chi connectivity index (χ0n) is 8.72. The van der Waals surface area contributed by atoms with Gasteiger partial charge in [-0.25, -0.2) is 9.97 Å². The Balaban J connectivity index is 1.75. The van der Waals surface area contributed by atoms with Gasteiger partial charge in [-0.05, 0) is 25.9 Å². The molecule has 2 heterocycles. The van der Waals surface area contributed by atoms with E-state index < -0.39 is 0 Å². The minimum absolute atomic E-state index is 0.545. The van der Waals surface area contributed by atoms with E-state index in [1.165, 1.54) is 25.9 Å². The standard InChI is InChI=1S/C10H16N4S/c11-9-10(13-4-3-12-9)15-8-7-14-5-1-2-6-14/h3-4H,1-2,5-8H2,(H2,11,12). The van der Waals surface area contributed by atoms with Crippen LogP contribution in [0.3, 0.4) is 0 Å². The lowest BCUT2D eigenvalue weighted by molar-refractivity contribution is 0.362. The van der Waals surface area contributed by atoms with Crippen LogP contribution >= 0.6 is 11.8 Å². The maximum atomic E-state index is 5.71. The van der Waals surface area contributed by atoms with Crippen molar-refractivity contribution in [2.45, 2.75) is 17.9 Å². The molecule has 5 heteroatoms. The van der Waals surface area contributed by atoms with Crippen LogP contribution < -0.4 is 5.73 Å². The van der Waals surface area contributed by atoms with Crippen molar-refractivity contribution < 1.29 is 0 Å². The summed E-state index contributed by atoms with van der Waals surface area (Å²) in [4.78, 5) is 10.7. The molecular weight excluding hydrogens is 208 g/mol. The topological polar surface area (TPSA) is 55.0 Å². The van der Waals surface area contributed by atoms with Gasteiger partial charge in [0.15, 0.2) is 5.82 Å². The van der Waals surface area contributed by atoms with Crippen LogP contribution in [0.25, 0.3) is 0 Å². The van der Waals surface area contributed by atoms with Crippen LogP contribution in [0.15, 0.2) is 17.4 Å². The third-order valence-corrected chi connectivity index (χ3v) is 3.51. The lowest BCUT2D eigenvalue weighted by Crippen LogP contribution is -2.21. The molecule has 2 N–H and O–H groups in total. The lowest BCUT2D eigenvalue weighted by Gasteiger charge is -2.13. The number of nitrogens with two attached hydrogens (primary N) is 1. The summed E-state index contributed by atoms with van der Waals surface area (Å²) in [5.41, 5.74) is 5.71. The van der Waals surface area contributed by atoms with Crippen molar-refractivity contribution in [2.75, 3.05) is 31.1 Å². The van der Waals surface area contributed by atoms with E-state index in [4.69, 9.17) is 5.73 Å². The molecule has 1 aromatic heterocycles. The molecule has 0 spiro atoms. The predicted molar refractivity (Wildman–Crippen MR) is 62.8 cm³/mol. The summed E-state index contributed by atoms with van der Waals surface area (Å²) in [5.74, 6) is 1.59. The predicted octanol–water partition coefficient (Wildman–Crippen LogP) is 1.25. The van der Waals surface area contributed by atoms with Crippen LogP contribution in [0.2, 0.25) is 0 Å². The van der Waals surface area contributed by atoms with Crippen LogP contribution in [0, 0.1) is 0 Å². The maximum Gasteiger partial charge on any atom is 0.156 e. The van der Waals surface area contributed by atoms with Crippen LogP contribution in [0.5, 0.6) is 0 Å². The van der Waals surface area contributed by atoms with Crippen molar-refractivity contribution in [3.05, 3.63) is 12.4 Å². The Bertz CT molecular complexity index is 312. The molecule has 0 bridgehead atoms. The van der Waals surface area contributed by atoms with Crippen molar-refractivity contribution in [3.63, 3.8) is 0 Å². The number of aromatic nitrogens is 2. The minimum atomic E-state index is 0.545. The van der Waals surface area contributed by atoms with Crippen LogP contribution in [0.4, 0.5) is 5.82 Å². The highest BCUT2D eigenvalue weighted by molar-refractivity contribution is 7.99. The SMILES string of the molecule is Nc1nccnc1SCCN1CCCC1. The average Bonchev–Trinajstić information content (AvgIpc) is 2.74. The summed E-state index contributed by atoms with van der Waals surface area (Å²) in [6.07, 6.45) is 6.00. The number of rotatable bonds is 4. The Kier molecular flexibility index (Phi) is 3.80. The molecule has 82 valence electrons. The molecule has 15 heavy (non-hydrogen) atoms. The van der Waals surface area contributed by atoms with E-state index in [9.17, 15) is 0 Å². The van der Waals surface area contributed by atoms with E-state index in [0.29, 0.717) is 5.82 Å². The molecule has 0 aliphatic carbocycles. The highest BCUT2D eigenvalue weighted by Gasteiger charge is 2.11. The van der Waals surface area contributed by atoms with Crippen LogP contribution in [-0.2, 0) is 0 Å². The quantitative estimate of drug-likeness (QED) is 0.780. The van der Waals surface area contributed by atoms with Gasteiger partial charge in [0.1, 0.15) is 5.03 Å². The Morgan fingerprint density at radius 3 is 2.73 bits per heavy atom. The van der Waals surface area contributed by atoms with Crippen LogP contribution in [-0.4, -0.2) is 40.3 Å². The molecule has 0 saturated carbocycles. The first-order chi connectivity index (χ1) is 7.36. The molecule has 4 nitrogen and oxygen atoms in total. The second-order valence-corrected chi connectivity index (χ2v) is 4.73. The van der Waals surface area contributed by atoms with Gasteiger partial charge in [0.2, 0.25) is 0 Å². The Hall–Kier alpha value is -0.810. The van der Waals surface area contributed by atoms with Gasteiger partial charge in [0.05, 0.1) is 0 Å². The second kappa shape index (κ2) is 5.32. The molecule has 0 atom stereocenters. The van der Waals surface area contributed by atoms with Crippen molar-refractivity contribution in [1.29, 1.82) is 0 Å². The summed E-state index contributed by atoms with van der Waals surface area (Å²) >= 11 is 1.69. The first-order valence-corrected chi connectivity index (χ1v) is 6.26. The number of hydrogen-bond donors (Lipinski definition) is 1. The zero-order valence-corrected chi connectivity index (χ0v) is 9.54. The monoisotopic (exact) mass is 224 g/mol. The normalized spacial score (nSPS) is 17.1. The minimum Gasteiger partial charge on any atom is -0.381 e. The van der Waals surface area contributed by atoms with Crippen LogP contribution in [0.1, 0.15) is 12.8 Å². The second-order valence-electron chi connectivity index (χ2n) is 3.64. The Morgan fingerprint density at radius 1 is 1.27 bits per heavy atom. The molecule has 1 saturated heterocycles. The van der Waals surface area contributed by atoms with E-state index in [2.05, 4.69) is 14.9 Å². The lowest BCUT2D eigenvalue weighted by atomic mass is 10.4. The highest BCUT2D eigenvalue weighted by atomic mass is 32.2. The zero-order chi connectivity index (χ0) is 10.5. The van der Waals surface area contributed by atoms with E-state index in [-0.39, 0.29) is 0 Å². The Labute approximate surface area is 94.3 Å². The number of thioether (sulfide) groups is 1. The third kappa shape index (κ3) is 3.07. The fourth-order valence-corrected chi connectivity index (χ4v) is 2.60. The fraction of sp³-hybridized carbons (Fsp3) is 0.600. The molecule has 0 aromatic carbocycles. The van der Waals surface area contributed by atoms with Gasteiger partial charge in [0.25, 0.3) is 0 Å². The fourth-order valence-electron chi connectivity index (χ4n) is 1.72. The number of nitrogen functional groups attached to an aromatic ring is 1. The van der Waals surface area contributed by atoms with E-state index in [1.807, 2.05) is 0 Å². The smallest absolute Gasteiger partial charge is 0.156 e. The van der Waals surface area contributed by atoms with Gasteiger partial charge in [-0.2, -0.15) is 0 Å². The largest absolute Gasteiger partial charge is 0.381 e. The van der Waals surface area contributed by atoms with Crippen molar-refractivity contribution in [1.82, 2.24) is 14.9 Å². The molecule has 2 rings (SSSR count). The molecule has 1 aromatic rings. The Morgan fingerprint density at radius 2 is 2.00 bits per heavy atom. The maximum absolute atomic E-state index is 5.71. The molecule has 0 radical (unpaired) electrons. The first-order valence-electron chi connectivity index (χ1n) is 5.28. The summed E-state index contributed by atoms with van der Waals surface area (Å²) in [6, 6.07) is 0. The van der Waals surface area contributed by atoms with Crippen molar-refractivity contribution in [3.8, 4) is 0 Å². The number of hydrogen-bond acceptors (Lipinski definition) is 5. The van der Waals surface area contributed by atoms with Gasteiger partial charge in [-0.1, -0.05) is 0 Å². The number of likely N-dealkylation sites (tertiary alicyclic amines) is 1. The number of anilines is 1. The summed E-state index contributed by atoms with van der Waals surface area (Å²) in [5, 5.41) is 0.858. The highest BCUT2D eigenvalue weighted by Crippen LogP contribution is 2.20. The van der Waals surface area contributed by atoms with E-state index >= 15 is 0 Å². The van der Waals surface area contributed by atoms with E-state index in [0.717, 1.165) is 17.3 Å². The summed E-state index contributed by atoms with van der Waals surface area (Å²) in [7, 11) is 0. The van der Waals surface area contributed by atoms with Gasteiger partial charge in [-0.3, -0.25) is 0 Å². The molecule has 1 aliphatic heterocycles. The van der Waals surface area contributed by atoms with Crippen molar-refractivity contribution >= 4 is 17.6 Å².